The number of nitrogens with zero attached hydrogens (tertiary/aromatic N) is 2. The zero-order chi connectivity index (χ0) is 18.9. The average molecular weight is 442 g/mol. The molecule has 0 atom stereocenters. The standard InChI is InChI=1S/C17H20BrN3O4S/c1-11-16(12(2)25-20-11)26(23,24)21-9-7-15(8-10-21)19-17(22)13-3-5-14(18)6-4-13/h3-6,15H,7-10H2,1-2H3,(H,19,22). The van der Waals surface area contributed by atoms with Gasteiger partial charge in [-0.1, -0.05) is 21.1 Å². The highest BCUT2D eigenvalue weighted by atomic mass is 79.9. The molecule has 1 amide bonds. The van der Waals surface area contributed by atoms with E-state index in [1.807, 2.05) is 12.1 Å². The SMILES string of the molecule is Cc1noc(C)c1S(=O)(=O)N1CCC(NC(=O)c2ccc(Br)cc2)CC1. The zero-order valence-electron chi connectivity index (χ0n) is 14.5. The van der Waals surface area contributed by atoms with Gasteiger partial charge in [-0.15, -0.1) is 0 Å². The van der Waals surface area contributed by atoms with Crippen LogP contribution in [0.25, 0.3) is 0 Å². The Morgan fingerprint density at radius 2 is 1.85 bits per heavy atom. The fourth-order valence-corrected chi connectivity index (χ4v) is 5.11. The van der Waals surface area contributed by atoms with E-state index >= 15 is 0 Å². The maximum absolute atomic E-state index is 12.8. The Kier molecular flexibility index (Phi) is 5.50. The van der Waals surface area contributed by atoms with Gasteiger partial charge in [0.05, 0.1) is 0 Å². The van der Waals surface area contributed by atoms with E-state index in [0.717, 1.165) is 4.47 Å². The van der Waals surface area contributed by atoms with Crippen molar-refractivity contribution in [2.75, 3.05) is 13.1 Å². The van der Waals surface area contributed by atoms with Gasteiger partial charge in [0, 0.05) is 29.2 Å². The van der Waals surface area contributed by atoms with Crippen molar-refractivity contribution in [1.82, 2.24) is 14.8 Å². The van der Waals surface area contributed by atoms with Gasteiger partial charge in [0.1, 0.15) is 10.6 Å². The van der Waals surface area contributed by atoms with E-state index in [1.54, 1.807) is 26.0 Å². The van der Waals surface area contributed by atoms with E-state index in [0.29, 0.717) is 42.9 Å². The molecule has 1 N–H and O–H groups in total. The van der Waals surface area contributed by atoms with Gasteiger partial charge in [0.2, 0.25) is 10.0 Å². The molecule has 7 nitrogen and oxygen atoms in total. The summed E-state index contributed by atoms with van der Waals surface area (Å²) in [6, 6.07) is 7.07. The molecule has 0 unspecified atom stereocenters. The van der Waals surface area contributed by atoms with E-state index in [1.165, 1.54) is 4.31 Å². The Hall–Kier alpha value is -1.71. The van der Waals surface area contributed by atoms with Gasteiger partial charge in [-0.25, -0.2) is 8.42 Å². The van der Waals surface area contributed by atoms with Crippen molar-refractivity contribution in [3.8, 4) is 0 Å². The molecule has 1 aromatic carbocycles. The van der Waals surface area contributed by atoms with Crippen LogP contribution < -0.4 is 5.32 Å². The van der Waals surface area contributed by atoms with Crippen molar-refractivity contribution < 1.29 is 17.7 Å². The third kappa shape index (κ3) is 3.84. The summed E-state index contributed by atoms with van der Waals surface area (Å²) in [5, 5.41) is 6.71. The molecular weight excluding hydrogens is 422 g/mol. The number of rotatable bonds is 4. The molecule has 0 bridgehead atoms. The van der Waals surface area contributed by atoms with Gasteiger partial charge in [0.15, 0.2) is 5.76 Å². The topological polar surface area (TPSA) is 92.5 Å². The summed E-state index contributed by atoms with van der Waals surface area (Å²) in [7, 11) is -3.63. The van der Waals surface area contributed by atoms with Crippen LogP contribution in [0.5, 0.6) is 0 Å². The van der Waals surface area contributed by atoms with Gasteiger partial charge in [-0.05, 0) is 51.0 Å². The van der Waals surface area contributed by atoms with Crippen LogP contribution in [-0.4, -0.2) is 42.9 Å². The number of piperidine rings is 1. The number of aromatic nitrogens is 1. The molecule has 0 saturated carbocycles. The smallest absolute Gasteiger partial charge is 0.251 e. The maximum Gasteiger partial charge on any atom is 0.251 e. The number of carbonyl (C=O) groups is 1. The first-order valence-electron chi connectivity index (χ1n) is 8.28. The second-order valence-electron chi connectivity index (χ2n) is 6.31. The molecule has 140 valence electrons. The molecule has 0 aliphatic carbocycles. The average Bonchev–Trinajstić information content (AvgIpc) is 2.95. The predicted octanol–water partition coefficient (Wildman–Crippen LogP) is 2.64. The number of benzene rings is 1. The van der Waals surface area contributed by atoms with Crippen molar-refractivity contribution in [3.63, 3.8) is 0 Å². The minimum Gasteiger partial charge on any atom is -0.360 e. The first kappa shape index (κ1) is 19.1. The highest BCUT2D eigenvalue weighted by molar-refractivity contribution is 9.10. The molecule has 2 heterocycles. The predicted molar refractivity (Wildman–Crippen MR) is 99.4 cm³/mol. The van der Waals surface area contributed by atoms with Crippen LogP contribution in [0, 0.1) is 13.8 Å². The lowest BCUT2D eigenvalue weighted by molar-refractivity contribution is 0.0924. The van der Waals surface area contributed by atoms with Crippen molar-refractivity contribution in [3.05, 3.63) is 45.8 Å². The van der Waals surface area contributed by atoms with Crippen molar-refractivity contribution in [2.45, 2.75) is 37.6 Å². The number of halogens is 1. The van der Waals surface area contributed by atoms with Gasteiger partial charge < -0.3 is 9.84 Å². The monoisotopic (exact) mass is 441 g/mol. The number of carbonyl (C=O) groups excluding carboxylic acids is 1. The Morgan fingerprint density at radius 1 is 1.23 bits per heavy atom. The van der Waals surface area contributed by atoms with Crippen LogP contribution >= 0.6 is 15.9 Å². The number of amides is 1. The van der Waals surface area contributed by atoms with Crippen LogP contribution in [0.1, 0.15) is 34.7 Å². The van der Waals surface area contributed by atoms with E-state index in [2.05, 4.69) is 26.4 Å². The molecular formula is C17H20BrN3O4S. The highest BCUT2D eigenvalue weighted by Crippen LogP contribution is 2.26. The summed E-state index contributed by atoms with van der Waals surface area (Å²) >= 11 is 3.34. The molecule has 1 fully saturated rings. The lowest BCUT2D eigenvalue weighted by Crippen LogP contribution is -2.46. The number of nitrogens with one attached hydrogen (secondary N) is 1. The summed E-state index contributed by atoms with van der Waals surface area (Å²) in [6.45, 7) is 3.90. The van der Waals surface area contributed by atoms with E-state index < -0.39 is 10.0 Å². The van der Waals surface area contributed by atoms with Crippen LogP contribution in [0.15, 0.2) is 38.2 Å². The normalized spacial score (nSPS) is 16.6. The van der Waals surface area contributed by atoms with E-state index in [4.69, 9.17) is 4.52 Å². The Balaban J connectivity index is 1.62. The number of hydrogen-bond donors (Lipinski definition) is 1. The molecule has 1 aliphatic rings. The quantitative estimate of drug-likeness (QED) is 0.786. The summed E-state index contributed by atoms with van der Waals surface area (Å²) in [5.41, 5.74) is 0.951. The fourth-order valence-electron chi connectivity index (χ4n) is 3.08. The molecule has 0 spiro atoms. The van der Waals surface area contributed by atoms with E-state index in [-0.39, 0.29) is 16.8 Å². The van der Waals surface area contributed by atoms with Crippen molar-refractivity contribution in [2.24, 2.45) is 0 Å². The summed E-state index contributed by atoms with van der Waals surface area (Å²) in [6.07, 6.45) is 1.12. The summed E-state index contributed by atoms with van der Waals surface area (Å²) < 4.78 is 32.9. The lowest BCUT2D eigenvalue weighted by Gasteiger charge is -2.31. The Morgan fingerprint density at radius 3 is 2.38 bits per heavy atom. The van der Waals surface area contributed by atoms with Gasteiger partial charge >= 0.3 is 0 Å². The Labute approximate surface area is 160 Å². The van der Waals surface area contributed by atoms with Crippen LogP contribution in [-0.2, 0) is 10.0 Å². The molecule has 1 aromatic heterocycles. The first-order chi connectivity index (χ1) is 12.3. The second-order valence-corrected chi connectivity index (χ2v) is 9.10. The largest absolute Gasteiger partial charge is 0.360 e. The number of sulfonamides is 1. The molecule has 1 saturated heterocycles. The molecule has 2 aromatic rings. The van der Waals surface area contributed by atoms with Crippen molar-refractivity contribution >= 4 is 31.9 Å². The zero-order valence-corrected chi connectivity index (χ0v) is 16.9. The molecule has 3 rings (SSSR count). The minimum atomic E-state index is -3.63. The number of hydrogen-bond acceptors (Lipinski definition) is 5. The van der Waals surface area contributed by atoms with Crippen LogP contribution in [0.3, 0.4) is 0 Å². The lowest BCUT2D eigenvalue weighted by atomic mass is 10.1. The molecule has 26 heavy (non-hydrogen) atoms. The molecule has 9 heteroatoms. The molecule has 1 aliphatic heterocycles. The Bertz CT molecular complexity index is 881. The molecule has 0 radical (unpaired) electrons. The van der Waals surface area contributed by atoms with Gasteiger partial charge in [0.25, 0.3) is 5.91 Å². The van der Waals surface area contributed by atoms with E-state index in [9.17, 15) is 13.2 Å². The minimum absolute atomic E-state index is 0.0535. The fraction of sp³-hybridized carbons (Fsp3) is 0.412. The van der Waals surface area contributed by atoms with Crippen molar-refractivity contribution in [1.29, 1.82) is 0 Å². The van der Waals surface area contributed by atoms with Gasteiger partial charge in [-0.3, -0.25) is 4.79 Å². The van der Waals surface area contributed by atoms with Gasteiger partial charge in [-0.2, -0.15) is 4.31 Å². The second kappa shape index (κ2) is 7.50. The maximum atomic E-state index is 12.8. The third-order valence-corrected chi connectivity index (χ3v) is 7.13. The number of aryl methyl sites for hydroxylation is 2. The summed E-state index contributed by atoms with van der Waals surface area (Å²) in [4.78, 5) is 12.4. The first-order valence-corrected chi connectivity index (χ1v) is 10.5. The third-order valence-electron chi connectivity index (χ3n) is 4.46. The summed E-state index contributed by atoms with van der Waals surface area (Å²) in [5.74, 6) is 0.151. The van der Waals surface area contributed by atoms with Crippen LogP contribution in [0.4, 0.5) is 0 Å². The van der Waals surface area contributed by atoms with Crippen LogP contribution in [0.2, 0.25) is 0 Å². The highest BCUT2D eigenvalue weighted by Gasteiger charge is 2.34.